The van der Waals surface area contributed by atoms with Crippen molar-refractivity contribution in [3.05, 3.63) is 27.8 Å². The van der Waals surface area contributed by atoms with E-state index in [9.17, 15) is 0 Å². The van der Waals surface area contributed by atoms with Gasteiger partial charge in [0.15, 0.2) is 0 Å². The molecular weight excluding hydrogens is 279 g/mol. The molecule has 70 valence electrons. The van der Waals surface area contributed by atoms with Gasteiger partial charge >= 0.3 is 0 Å². The number of aliphatic imine (C=N–C) groups is 1. The summed E-state index contributed by atoms with van der Waals surface area (Å²) in [5.41, 5.74) is 3.45. The first kappa shape index (κ1) is 10.3. The highest BCUT2D eigenvalue weighted by molar-refractivity contribution is 14.1. The SMILES string of the molecule is CN=C(NN)Nc1ccccc1I. The van der Waals surface area contributed by atoms with Gasteiger partial charge in [0.25, 0.3) is 0 Å². The van der Waals surface area contributed by atoms with Gasteiger partial charge < -0.3 is 5.32 Å². The molecule has 0 saturated heterocycles. The minimum absolute atomic E-state index is 0.545. The molecule has 0 bridgehead atoms. The lowest BCUT2D eigenvalue weighted by molar-refractivity contribution is 1.01. The molecule has 0 radical (unpaired) electrons. The summed E-state index contributed by atoms with van der Waals surface area (Å²) in [5, 5.41) is 3.05. The predicted molar refractivity (Wildman–Crippen MR) is 63.5 cm³/mol. The minimum Gasteiger partial charge on any atom is -0.324 e. The normalized spacial score (nSPS) is 11.2. The molecule has 0 fully saturated rings. The van der Waals surface area contributed by atoms with Crippen LogP contribution in [0.25, 0.3) is 0 Å². The molecule has 0 spiro atoms. The van der Waals surface area contributed by atoms with E-state index in [1.54, 1.807) is 7.05 Å². The summed E-state index contributed by atoms with van der Waals surface area (Å²) in [5.74, 6) is 5.78. The van der Waals surface area contributed by atoms with Crippen LogP contribution in [0.3, 0.4) is 0 Å². The summed E-state index contributed by atoms with van der Waals surface area (Å²) in [7, 11) is 1.66. The Balaban J connectivity index is 2.80. The second-order valence-electron chi connectivity index (χ2n) is 2.32. The van der Waals surface area contributed by atoms with Gasteiger partial charge in [-0.2, -0.15) is 0 Å². The average Bonchev–Trinajstić information content (AvgIpc) is 2.17. The third kappa shape index (κ3) is 2.85. The molecule has 4 N–H and O–H groups in total. The average molecular weight is 290 g/mol. The number of hydrogen-bond acceptors (Lipinski definition) is 2. The number of benzene rings is 1. The molecule has 0 aromatic heterocycles. The Bertz CT molecular complexity index is 311. The van der Waals surface area contributed by atoms with E-state index in [0.29, 0.717) is 5.96 Å². The Kier molecular flexibility index (Phi) is 3.97. The number of para-hydroxylation sites is 1. The highest BCUT2D eigenvalue weighted by atomic mass is 127. The lowest BCUT2D eigenvalue weighted by atomic mass is 10.3. The standard InChI is InChI=1S/C8H11IN4/c1-11-8(13-10)12-7-5-3-2-4-6(7)9/h2-5H,10H2,1H3,(H2,11,12,13). The minimum atomic E-state index is 0.545. The monoisotopic (exact) mass is 290 g/mol. The quantitative estimate of drug-likeness (QED) is 0.239. The van der Waals surface area contributed by atoms with Gasteiger partial charge in [0.1, 0.15) is 0 Å². The highest BCUT2D eigenvalue weighted by Gasteiger charge is 1.99. The van der Waals surface area contributed by atoms with E-state index in [4.69, 9.17) is 5.84 Å². The Labute approximate surface area is 90.7 Å². The van der Waals surface area contributed by atoms with Crippen molar-refractivity contribution < 1.29 is 0 Å². The van der Waals surface area contributed by atoms with Crippen LogP contribution < -0.4 is 16.6 Å². The summed E-state index contributed by atoms with van der Waals surface area (Å²) in [6, 6.07) is 7.90. The van der Waals surface area contributed by atoms with E-state index in [0.717, 1.165) is 9.26 Å². The maximum Gasteiger partial charge on any atom is 0.210 e. The van der Waals surface area contributed by atoms with Crippen molar-refractivity contribution in [2.45, 2.75) is 0 Å². The van der Waals surface area contributed by atoms with Crippen molar-refractivity contribution in [1.29, 1.82) is 0 Å². The fourth-order valence-corrected chi connectivity index (χ4v) is 1.37. The molecule has 0 heterocycles. The van der Waals surface area contributed by atoms with Crippen molar-refractivity contribution in [1.82, 2.24) is 5.43 Å². The topological polar surface area (TPSA) is 62.4 Å². The number of rotatable bonds is 1. The first-order chi connectivity index (χ1) is 6.27. The van der Waals surface area contributed by atoms with Crippen molar-refractivity contribution in [3.8, 4) is 0 Å². The zero-order chi connectivity index (χ0) is 9.68. The summed E-state index contributed by atoms with van der Waals surface area (Å²) < 4.78 is 1.12. The molecule has 0 aliphatic rings. The number of nitrogens with one attached hydrogen (secondary N) is 2. The molecule has 5 heteroatoms. The first-order valence-electron chi connectivity index (χ1n) is 3.73. The van der Waals surface area contributed by atoms with Crippen LogP contribution >= 0.6 is 22.6 Å². The van der Waals surface area contributed by atoms with Crippen LogP contribution in [0.4, 0.5) is 5.69 Å². The van der Waals surface area contributed by atoms with E-state index >= 15 is 0 Å². The second-order valence-corrected chi connectivity index (χ2v) is 3.48. The van der Waals surface area contributed by atoms with Crippen LogP contribution in [-0.2, 0) is 0 Å². The second kappa shape index (κ2) is 5.03. The number of guanidine groups is 1. The molecule has 0 aliphatic carbocycles. The van der Waals surface area contributed by atoms with E-state index in [-0.39, 0.29) is 0 Å². The lowest BCUT2D eigenvalue weighted by Crippen LogP contribution is -2.36. The van der Waals surface area contributed by atoms with Crippen molar-refractivity contribution >= 4 is 34.2 Å². The van der Waals surface area contributed by atoms with Gasteiger partial charge in [-0.3, -0.25) is 10.4 Å². The third-order valence-corrected chi connectivity index (χ3v) is 2.43. The molecule has 1 aromatic carbocycles. The van der Waals surface area contributed by atoms with Gasteiger partial charge in [0.05, 0.1) is 5.69 Å². The lowest BCUT2D eigenvalue weighted by Gasteiger charge is -2.09. The van der Waals surface area contributed by atoms with E-state index in [1.165, 1.54) is 0 Å². The number of hydrazine groups is 1. The number of hydrogen-bond donors (Lipinski definition) is 3. The van der Waals surface area contributed by atoms with Crippen molar-refractivity contribution in [2.24, 2.45) is 10.8 Å². The third-order valence-electron chi connectivity index (χ3n) is 1.49. The Morgan fingerprint density at radius 1 is 1.46 bits per heavy atom. The van der Waals surface area contributed by atoms with Gasteiger partial charge in [-0.25, -0.2) is 5.84 Å². The summed E-state index contributed by atoms with van der Waals surface area (Å²) in [6.07, 6.45) is 0. The van der Waals surface area contributed by atoms with E-state index in [1.807, 2.05) is 24.3 Å². The van der Waals surface area contributed by atoms with Crippen LogP contribution in [0.15, 0.2) is 29.3 Å². The fraction of sp³-hybridized carbons (Fsp3) is 0.125. The van der Waals surface area contributed by atoms with Gasteiger partial charge in [-0.15, -0.1) is 0 Å². The largest absolute Gasteiger partial charge is 0.324 e. The van der Waals surface area contributed by atoms with Crippen LogP contribution in [0, 0.1) is 3.57 Å². The van der Waals surface area contributed by atoms with Gasteiger partial charge in [0, 0.05) is 10.6 Å². The first-order valence-corrected chi connectivity index (χ1v) is 4.80. The number of anilines is 1. The highest BCUT2D eigenvalue weighted by Crippen LogP contribution is 2.16. The molecule has 0 unspecified atom stereocenters. The van der Waals surface area contributed by atoms with E-state index < -0.39 is 0 Å². The zero-order valence-electron chi connectivity index (χ0n) is 7.21. The molecule has 1 aromatic rings. The van der Waals surface area contributed by atoms with E-state index in [2.05, 4.69) is 38.3 Å². The Morgan fingerprint density at radius 3 is 2.69 bits per heavy atom. The van der Waals surface area contributed by atoms with Gasteiger partial charge in [0.2, 0.25) is 5.96 Å². The molecule has 1 rings (SSSR count). The Morgan fingerprint density at radius 2 is 2.15 bits per heavy atom. The zero-order valence-corrected chi connectivity index (χ0v) is 9.37. The smallest absolute Gasteiger partial charge is 0.210 e. The van der Waals surface area contributed by atoms with Crippen LogP contribution in [0.1, 0.15) is 0 Å². The van der Waals surface area contributed by atoms with Gasteiger partial charge in [-0.05, 0) is 34.7 Å². The molecule has 0 amide bonds. The van der Waals surface area contributed by atoms with Crippen LogP contribution in [-0.4, -0.2) is 13.0 Å². The Hall–Kier alpha value is -0.820. The summed E-state index contributed by atoms with van der Waals surface area (Å²) in [6.45, 7) is 0. The fourth-order valence-electron chi connectivity index (χ4n) is 0.847. The molecular formula is C8H11IN4. The maximum absolute atomic E-state index is 5.24. The van der Waals surface area contributed by atoms with Crippen molar-refractivity contribution in [3.63, 3.8) is 0 Å². The maximum atomic E-state index is 5.24. The summed E-state index contributed by atoms with van der Waals surface area (Å²) in [4.78, 5) is 3.91. The molecule has 4 nitrogen and oxygen atoms in total. The van der Waals surface area contributed by atoms with Crippen LogP contribution in [0.2, 0.25) is 0 Å². The molecule has 0 saturated carbocycles. The van der Waals surface area contributed by atoms with Crippen molar-refractivity contribution in [2.75, 3.05) is 12.4 Å². The van der Waals surface area contributed by atoms with Gasteiger partial charge in [-0.1, -0.05) is 12.1 Å². The molecule has 13 heavy (non-hydrogen) atoms. The summed E-state index contributed by atoms with van der Waals surface area (Å²) >= 11 is 2.24. The molecule has 0 atom stereocenters. The number of nitrogens with zero attached hydrogens (tertiary/aromatic N) is 1. The predicted octanol–water partition coefficient (Wildman–Crippen LogP) is 1.15. The van der Waals surface area contributed by atoms with Crippen LogP contribution in [0.5, 0.6) is 0 Å². The number of nitrogens with two attached hydrogens (primary N) is 1. The molecule has 0 aliphatic heterocycles. The number of halogens is 1.